The lowest BCUT2D eigenvalue weighted by atomic mass is 9.99. The maximum atomic E-state index is 10.8. The summed E-state index contributed by atoms with van der Waals surface area (Å²) in [7, 11) is 1.48. The number of rotatable bonds is 5. The molecule has 2 unspecified atom stereocenters. The number of nitrogens with two attached hydrogens (primary N) is 1. The average molecular weight is 225 g/mol. The van der Waals surface area contributed by atoms with Crippen LogP contribution in [0.2, 0.25) is 0 Å². The molecule has 5 heteroatoms. The van der Waals surface area contributed by atoms with Gasteiger partial charge in [0.25, 0.3) is 0 Å². The van der Waals surface area contributed by atoms with Crippen LogP contribution in [0.25, 0.3) is 0 Å². The number of aliphatic hydroxyl groups excluding tert-OH is 2. The van der Waals surface area contributed by atoms with Gasteiger partial charge in [0.05, 0.1) is 13.2 Å². The predicted octanol–water partition coefficient (Wildman–Crippen LogP) is -0.139. The van der Waals surface area contributed by atoms with Crippen LogP contribution in [-0.4, -0.2) is 36.3 Å². The Bertz CT molecular complexity index is 367. The molecule has 16 heavy (non-hydrogen) atoms. The highest BCUT2D eigenvalue weighted by Crippen LogP contribution is 2.24. The lowest BCUT2D eigenvalue weighted by molar-refractivity contribution is 0.0238. The summed E-state index contributed by atoms with van der Waals surface area (Å²) in [4.78, 5) is 10.8. The van der Waals surface area contributed by atoms with E-state index in [9.17, 15) is 15.0 Å². The number of aliphatic hydroxyl groups is 2. The largest absolute Gasteiger partial charge is 0.497 e. The summed E-state index contributed by atoms with van der Waals surface area (Å²) in [6, 6.07) is 4.63. The molecule has 1 rings (SSSR count). The monoisotopic (exact) mass is 225 g/mol. The minimum absolute atomic E-state index is 0.0866. The third-order valence-corrected chi connectivity index (χ3v) is 2.35. The smallest absolute Gasteiger partial charge is 0.150 e. The Morgan fingerprint density at radius 2 is 2.19 bits per heavy atom. The highest BCUT2D eigenvalue weighted by Gasteiger charge is 2.20. The maximum absolute atomic E-state index is 10.8. The topological polar surface area (TPSA) is 92.8 Å². The summed E-state index contributed by atoms with van der Waals surface area (Å²) in [5.41, 5.74) is 5.86. The lowest BCUT2D eigenvalue weighted by Gasteiger charge is -2.18. The van der Waals surface area contributed by atoms with Crippen LogP contribution in [0.1, 0.15) is 22.0 Å². The van der Waals surface area contributed by atoms with E-state index in [0.29, 0.717) is 23.2 Å². The molecule has 0 saturated heterocycles. The molecule has 1 aromatic carbocycles. The third-order valence-electron chi connectivity index (χ3n) is 2.35. The zero-order chi connectivity index (χ0) is 12.1. The number of carbonyl (C=O) groups is 1. The summed E-state index contributed by atoms with van der Waals surface area (Å²) in [6.07, 6.45) is -1.69. The van der Waals surface area contributed by atoms with Gasteiger partial charge in [-0.05, 0) is 23.8 Å². The van der Waals surface area contributed by atoms with Gasteiger partial charge in [-0.3, -0.25) is 4.79 Å². The number of benzene rings is 1. The molecule has 5 nitrogen and oxygen atoms in total. The first-order valence-corrected chi connectivity index (χ1v) is 4.83. The van der Waals surface area contributed by atoms with E-state index >= 15 is 0 Å². The number of methoxy groups -OCH3 is 1. The molecule has 0 aliphatic heterocycles. The van der Waals surface area contributed by atoms with E-state index in [1.165, 1.54) is 19.2 Å². The van der Waals surface area contributed by atoms with Crippen molar-refractivity contribution >= 4 is 6.29 Å². The number of aldehydes is 1. The minimum atomic E-state index is -1.19. The zero-order valence-electron chi connectivity index (χ0n) is 8.96. The van der Waals surface area contributed by atoms with Crippen LogP contribution in [0, 0.1) is 0 Å². The first-order chi connectivity index (χ1) is 7.63. The fourth-order valence-corrected chi connectivity index (χ4v) is 1.38. The molecule has 0 fully saturated rings. The van der Waals surface area contributed by atoms with Crippen molar-refractivity contribution in [2.24, 2.45) is 5.73 Å². The first-order valence-electron chi connectivity index (χ1n) is 4.83. The quantitative estimate of drug-likeness (QED) is 0.606. The van der Waals surface area contributed by atoms with E-state index in [0.717, 1.165) is 0 Å². The zero-order valence-corrected chi connectivity index (χ0v) is 8.96. The van der Waals surface area contributed by atoms with Crippen LogP contribution >= 0.6 is 0 Å². The standard InChI is InChI=1S/C11H15NO4/c1-16-8-3-2-7(6-13)9(4-8)11(15)10(14)5-12/h2-4,6,10-11,14-15H,5,12H2,1H3. The van der Waals surface area contributed by atoms with E-state index in [2.05, 4.69) is 0 Å². The molecule has 0 amide bonds. The Morgan fingerprint density at radius 1 is 1.50 bits per heavy atom. The van der Waals surface area contributed by atoms with Crippen molar-refractivity contribution in [3.63, 3.8) is 0 Å². The second-order valence-electron chi connectivity index (χ2n) is 3.36. The van der Waals surface area contributed by atoms with Crippen LogP contribution in [0.4, 0.5) is 0 Å². The Balaban J connectivity index is 3.12. The van der Waals surface area contributed by atoms with Crippen LogP contribution < -0.4 is 10.5 Å². The van der Waals surface area contributed by atoms with Gasteiger partial charge in [-0.15, -0.1) is 0 Å². The van der Waals surface area contributed by atoms with Crippen LogP contribution in [0.5, 0.6) is 5.75 Å². The van der Waals surface area contributed by atoms with Crippen molar-refractivity contribution in [1.29, 1.82) is 0 Å². The predicted molar refractivity (Wildman–Crippen MR) is 58.4 cm³/mol. The van der Waals surface area contributed by atoms with Gasteiger partial charge in [0.15, 0.2) is 0 Å². The molecule has 0 radical (unpaired) electrons. The van der Waals surface area contributed by atoms with Crippen molar-refractivity contribution in [1.82, 2.24) is 0 Å². The van der Waals surface area contributed by atoms with E-state index in [1.54, 1.807) is 6.07 Å². The van der Waals surface area contributed by atoms with Crippen molar-refractivity contribution in [2.45, 2.75) is 12.2 Å². The molecule has 0 aliphatic carbocycles. The highest BCUT2D eigenvalue weighted by molar-refractivity contribution is 5.78. The second-order valence-corrected chi connectivity index (χ2v) is 3.36. The van der Waals surface area contributed by atoms with Gasteiger partial charge in [0.1, 0.15) is 18.1 Å². The summed E-state index contributed by atoms with van der Waals surface area (Å²) < 4.78 is 4.98. The first kappa shape index (κ1) is 12.6. The van der Waals surface area contributed by atoms with E-state index in [-0.39, 0.29) is 6.54 Å². The highest BCUT2D eigenvalue weighted by atomic mass is 16.5. The number of ether oxygens (including phenoxy) is 1. The summed E-state index contributed by atoms with van der Waals surface area (Å²) >= 11 is 0. The summed E-state index contributed by atoms with van der Waals surface area (Å²) in [5, 5.41) is 19.2. The number of hydrogen-bond acceptors (Lipinski definition) is 5. The average Bonchev–Trinajstić information content (AvgIpc) is 2.35. The fourth-order valence-electron chi connectivity index (χ4n) is 1.38. The molecular weight excluding hydrogens is 210 g/mol. The van der Waals surface area contributed by atoms with Gasteiger partial charge in [0, 0.05) is 12.1 Å². The number of carbonyl (C=O) groups excluding carboxylic acids is 1. The Hall–Kier alpha value is -1.43. The van der Waals surface area contributed by atoms with Crippen molar-refractivity contribution in [2.75, 3.05) is 13.7 Å². The molecule has 88 valence electrons. The van der Waals surface area contributed by atoms with Gasteiger partial charge in [0.2, 0.25) is 0 Å². The van der Waals surface area contributed by atoms with Crippen LogP contribution in [-0.2, 0) is 0 Å². The molecule has 0 aliphatic rings. The molecule has 2 atom stereocenters. The minimum Gasteiger partial charge on any atom is -0.497 e. The molecule has 0 aromatic heterocycles. The van der Waals surface area contributed by atoms with E-state index in [1.807, 2.05) is 0 Å². The van der Waals surface area contributed by atoms with Crippen molar-refractivity contribution in [3.05, 3.63) is 29.3 Å². The normalized spacial score (nSPS) is 14.2. The Kier molecular flexibility index (Phi) is 4.42. The fraction of sp³-hybridized carbons (Fsp3) is 0.364. The van der Waals surface area contributed by atoms with Crippen molar-refractivity contribution in [3.8, 4) is 5.75 Å². The van der Waals surface area contributed by atoms with Gasteiger partial charge >= 0.3 is 0 Å². The summed E-state index contributed by atoms with van der Waals surface area (Å²) in [6.45, 7) is -0.0866. The lowest BCUT2D eigenvalue weighted by Crippen LogP contribution is -2.27. The molecule has 0 spiro atoms. The SMILES string of the molecule is COc1ccc(C=O)c(C(O)C(O)CN)c1. The molecule has 1 aromatic rings. The summed E-state index contributed by atoms with van der Waals surface area (Å²) in [5.74, 6) is 0.504. The van der Waals surface area contributed by atoms with E-state index < -0.39 is 12.2 Å². The van der Waals surface area contributed by atoms with Gasteiger partial charge < -0.3 is 20.7 Å². The maximum Gasteiger partial charge on any atom is 0.150 e. The molecule has 0 bridgehead atoms. The Morgan fingerprint density at radius 3 is 2.69 bits per heavy atom. The van der Waals surface area contributed by atoms with Gasteiger partial charge in [-0.2, -0.15) is 0 Å². The van der Waals surface area contributed by atoms with E-state index in [4.69, 9.17) is 10.5 Å². The second kappa shape index (κ2) is 5.60. The molecular formula is C11H15NO4. The van der Waals surface area contributed by atoms with Crippen molar-refractivity contribution < 1.29 is 19.7 Å². The molecule has 0 heterocycles. The molecule has 0 saturated carbocycles. The van der Waals surface area contributed by atoms with Crippen LogP contribution in [0.15, 0.2) is 18.2 Å². The van der Waals surface area contributed by atoms with Crippen LogP contribution in [0.3, 0.4) is 0 Å². The van der Waals surface area contributed by atoms with Gasteiger partial charge in [-0.1, -0.05) is 0 Å². The third kappa shape index (κ3) is 2.57. The number of hydrogen-bond donors (Lipinski definition) is 3. The molecule has 4 N–H and O–H groups in total. The Labute approximate surface area is 93.5 Å². The van der Waals surface area contributed by atoms with Gasteiger partial charge in [-0.25, -0.2) is 0 Å².